The van der Waals surface area contributed by atoms with Gasteiger partial charge in [0.1, 0.15) is 5.58 Å². The molecule has 0 aliphatic carbocycles. The second kappa shape index (κ2) is 6.49. The fraction of sp³-hybridized carbons (Fsp3) is 0.211. The van der Waals surface area contributed by atoms with Crippen molar-refractivity contribution in [3.8, 4) is 0 Å². The summed E-state index contributed by atoms with van der Waals surface area (Å²) in [6.45, 7) is 5.74. The molecule has 0 saturated heterocycles. The molecule has 0 bridgehead atoms. The van der Waals surface area contributed by atoms with Crippen molar-refractivity contribution in [2.75, 3.05) is 16.3 Å². The van der Waals surface area contributed by atoms with Gasteiger partial charge in [-0.25, -0.2) is 8.42 Å². The van der Waals surface area contributed by atoms with Gasteiger partial charge >= 0.3 is 0 Å². The largest absolute Gasteiger partial charge is 0.450 e. The van der Waals surface area contributed by atoms with Crippen LogP contribution < -0.4 is 10.0 Å². The number of rotatable bonds is 4. The standard InChI is InChI=1S/C19H20N2O4S/c1-11-9-10-12(2)17-16(11)13(3)18(25-17)19(22)20-14-7-5-6-8-15(14)21-26(4,23)24/h5-10,21H,1-4H3,(H,20,22). The van der Waals surface area contributed by atoms with Gasteiger partial charge in [0.2, 0.25) is 10.0 Å². The average molecular weight is 372 g/mol. The molecule has 0 unspecified atom stereocenters. The van der Waals surface area contributed by atoms with Crippen LogP contribution in [0.4, 0.5) is 11.4 Å². The molecule has 0 aliphatic heterocycles. The van der Waals surface area contributed by atoms with Gasteiger partial charge in [-0.1, -0.05) is 24.3 Å². The number of amides is 1. The third kappa shape index (κ3) is 3.43. The molecule has 3 aromatic rings. The van der Waals surface area contributed by atoms with E-state index in [-0.39, 0.29) is 5.76 Å². The molecule has 0 atom stereocenters. The number of carbonyl (C=O) groups is 1. The van der Waals surface area contributed by atoms with Gasteiger partial charge < -0.3 is 9.73 Å². The number of nitrogens with one attached hydrogen (secondary N) is 2. The molecule has 7 heteroatoms. The maximum Gasteiger partial charge on any atom is 0.291 e. The summed E-state index contributed by atoms with van der Waals surface area (Å²) in [6, 6.07) is 10.5. The molecular formula is C19H20N2O4S. The Balaban J connectivity index is 2.00. The lowest BCUT2D eigenvalue weighted by Gasteiger charge is -2.11. The van der Waals surface area contributed by atoms with Crippen molar-refractivity contribution in [1.29, 1.82) is 0 Å². The Kier molecular flexibility index (Phi) is 4.50. The minimum absolute atomic E-state index is 0.214. The summed E-state index contributed by atoms with van der Waals surface area (Å²) >= 11 is 0. The molecule has 1 aromatic heterocycles. The van der Waals surface area contributed by atoms with Gasteiger partial charge in [-0.05, 0) is 44.0 Å². The van der Waals surface area contributed by atoms with Crippen LogP contribution in [0.1, 0.15) is 27.2 Å². The summed E-state index contributed by atoms with van der Waals surface area (Å²) in [5, 5.41) is 3.66. The summed E-state index contributed by atoms with van der Waals surface area (Å²) in [5.41, 5.74) is 4.08. The highest BCUT2D eigenvalue weighted by Gasteiger charge is 2.21. The molecule has 0 saturated carbocycles. The van der Waals surface area contributed by atoms with Gasteiger partial charge in [-0.15, -0.1) is 0 Å². The quantitative estimate of drug-likeness (QED) is 0.725. The van der Waals surface area contributed by atoms with Crippen LogP contribution in [-0.4, -0.2) is 20.6 Å². The maximum atomic E-state index is 12.8. The van der Waals surface area contributed by atoms with Crippen LogP contribution in [0, 0.1) is 20.8 Å². The van der Waals surface area contributed by atoms with E-state index in [0.29, 0.717) is 17.0 Å². The monoisotopic (exact) mass is 372 g/mol. The first-order valence-corrected chi connectivity index (χ1v) is 9.94. The van der Waals surface area contributed by atoms with Crippen LogP contribution in [0.15, 0.2) is 40.8 Å². The van der Waals surface area contributed by atoms with Crippen LogP contribution in [0.3, 0.4) is 0 Å². The second-order valence-corrected chi connectivity index (χ2v) is 8.08. The van der Waals surface area contributed by atoms with Crippen LogP contribution in [0.5, 0.6) is 0 Å². The number of fused-ring (bicyclic) bond motifs is 1. The van der Waals surface area contributed by atoms with Gasteiger partial charge in [0.15, 0.2) is 5.76 Å². The molecule has 1 amide bonds. The third-order valence-electron chi connectivity index (χ3n) is 4.16. The summed E-state index contributed by atoms with van der Waals surface area (Å²) in [4.78, 5) is 12.8. The van der Waals surface area contributed by atoms with E-state index in [1.165, 1.54) is 0 Å². The zero-order valence-corrected chi connectivity index (χ0v) is 15.8. The lowest BCUT2D eigenvalue weighted by molar-refractivity contribution is 0.0998. The molecule has 26 heavy (non-hydrogen) atoms. The van der Waals surface area contributed by atoms with Gasteiger partial charge in [0, 0.05) is 10.9 Å². The first kappa shape index (κ1) is 18.0. The Labute approximate surface area is 152 Å². The van der Waals surface area contributed by atoms with Crippen molar-refractivity contribution in [3.05, 3.63) is 58.8 Å². The van der Waals surface area contributed by atoms with E-state index in [1.54, 1.807) is 24.3 Å². The van der Waals surface area contributed by atoms with Crippen molar-refractivity contribution in [2.45, 2.75) is 20.8 Å². The Morgan fingerprint density at radius 1 is 0.962 bits per heavy atom. The summed E-state index contributed by atoms with van der Waals surface area (Å²) < 4.78 is 31.3. The third-order valence-corrected chi connectivity index (χ3v) is 4.75. The Bertz CT molecular complexity index is 1110. The molecule has 0 spiro atoms. The van der Waals surface area contributed by atoms with E-state index < -0.39 is 15.9 Å². The topological polar surface area (TPSA) is 88.4 Å². The minimum atomic E-state index is -3.46. The molecule has 1 heterocycles. The van der Waals surface area contributed by atoms with Crippen molar-refractivity contribution in [3.63, 3.8) is 0 Å². The van der Waals surface area contributed by atoms with E-state index >= 15 is 0 Å². The lowest BCUT2D eigenvalue weighted by Crippen LogP contribution is -2.16. The Hall–Kier alpha value is -2.80. The fourth-order valence-corrected chi connectivity index (χ4v) is 3.53. The number of hydrogen-bond acceptors (Lipinski definition) is 4. The lowest BCUT2D eigenvalue weighted by atomic mass is 10.0. The van der Waals surface area contributed by atoms with Gasteiger partial charge in [0.25, 0.3) is 5.91 Å². The molecule has 3 rings (SSSR count). The highest BCUT2D eigenvalue weighted by Crippen LogP contribution is 2.31. The summed E-state index contributed by atoms with van der Waals surface area (Å²) in [5.74, 6) is -0.216. The van der Waals surface area contributed by atoms with Crippen LogP contribution in [0.2, 0.25) is 0 Å². The summed E-state index contributed by atoms with van der Waals surface area (Å²) in [7, 11) is -3.46. The minimum Gasteiger partial charge on any atom is -0.450 e. The number of para-hydroxylation sites is 2. The Morgan fingerprint density at radius 3 is 2.19 bits per heavy atom. The van der Waals surface area contributed by atoms with E-state index in [4.69, 9.17) is 4.42 Å². The molecule has 6 nitrogen and oxygen atoms in total. The number of furan rings is 1. The number of anilines is 2. The zero-order chi connectivity index (χ0) is 19.1. The predicted molar refractivity (Wildman–Crippen MR) is 103 cm³/mol. The number of aryl methyl sites for hydroxylation is 3. The van der Waals surface area contributed by atoms with Crippen LogP contribution in [-0.2, 0) is 10.0 Å². The number of benzene rings is 2. The highest BCUT2D eigenvalue weighted by atomic mass is 32.2. The van der Waals surface area contributed by atoms with Crippen molar-refractivity contribution >= 4 is 38.3 Å². The first-order chi connectivity index (χ1) is 12.2. The van der Waals surface area contributed by atoms with E-state index in [0.717, 1.165) is 28.3 Å². The van der Waals surface area contributed by atoms with E-state index in [1.807, 2.05) is 32.9 Å². The van der Waals surface area contributed by atoms with Gasteiger partial charge in [-0.3, -0.25) is 9.52 Å². The normalized spacial score (nSPS) is 11.5. The van der Waals surface area contributed by atoms with Gasteiger partial charge in [-0.2, -0.15) is 0 Å². The highest BCUT2D eigenvalue weighted by molar-refractivity contribution is 7.92. The number of sulfonamides is 1. The molecule has 0 radical (unpaired) electrons. The molecule has 136 valence electrons. The SMILES string of the molecule is Cc1ccc(C)c2c(C)c(C(=O)Nc3ccccc3NS(C)(=O)=O)oc12. The van der Waals surface area contributed by atoms with E-state index in [9.17, 15) is 13.2 Å². The van der Waals surface area contributed by atoms with Crippen molar-refractivity contribution < 1.29 is 17.6 Å². The predicted octanol–water partition coefficient (Wildman–Crippen LogP) is 3.98. The molecule has 2 aromatic carbocycles. The fourth-order valence-electron chi connectivity index (χ4n) is 2.95. The van der Waals surface area contributed by atoms with Crippen molar-refractivity contribution in [1.82, 2.24) is 0 Å². The van der Waals surface area contributed by atoms with E-state index in [2.05, 4.69) is 10.0 Å². The zero-order valence-electron chi connectivity index (χ0n) is 15.0. The second-order valence-electron chi connectivity index (χ2n) is 6.33. The van der Waals surface area contributed by atoms with Crippen LogP contribution in [0.25, 0.3) is 11.0 Å². The van der Waals surface area contributed by atoms with Crippen LogP contribution >= 0.6 is 0 Å². The number of hydrogen-bond donors (Lipinski definition) is 2. The average Bonchev–Trinajstić information content (AvgIpc) is 2.90. The molecular weight excluding hydrogens is 352 g/mol. The Morgan fingerprint density at radius 2 is 1.58 bits per heavy atom. The van der Waals surface area contributed by atoms with Crippen molar-refractivity contribution in [2.24, 2.45) is 0 Å². The smallest absolute Gasteiger partial charge is 0.291 e. The van der Waals surface area contributed by atoms with Gasteiger partial charge in [0.05, 0.1) is 17.6 Å². The number of carbonyl (C=O) groups excluding carboxylic acids is 1. The first-order valence-electron chi connectivity index (χ1n) is 8.05. The molecule has 0 aliphatic rings. The maximum absolute atomic E-state index is 12.8. The molecule has 0 fully saturated rings. The molecule has 2 N–H and O–H groups in total. The summed E-state index contributed by atoms with van der Waals surface area (Å²) in [6.07, 6.45) is 1.06.